The first-order valence-corrected chi connectivity index (χ1v) is 7.02. The number of benzene rings is 1. The van der Waals surface area contributed by atoms with Crippen molar-refractivity contribution in [1.29, 1.82) is 0 Å². The van der Waals surface area contributed by atoms with Crippen molar-refractivity contribution < 1.29 is 9.53 Å². The van der Waals surface area contributed by atoms with Gasteiger partial charge in [-0.3, -0.25) is 4.79 Å². The summed E-state index contributed by atoms with van der Waals surface area (Å²) < 4.78 is 5.59. The molecule has 1 aromatic rings. The van der Waals surface area contributed by atoms with E-state index in [0.717, 1.165) is 50.4 Å². The van der Waals surface area contributed by atoms with Crippen LogP contribution in [0.1, 0.15) is 29.3 Å². The van der Waals surface area contributed by atoms with Gasteiger partial charge in [-0.2, -0.15) is 0 Å². The zero-order valence-corrected chi connectivity index (χ0v) is 11.3. The van der Waals surface area contributed by atoms with Crippen LogP contribution < -0.4 is 10.1 Å². The van der Waals surface area contributed by atoms with Gasteiger partial charge in [0.1, 0.15) is 5.75 Å². The standard InChI is InChI=1S/C15H20N2O2/c1-11-10-17(7-6-16-11)15(18)13-4-5-14-12(9-13)3-2-8-19-14/h4-5,9,11,16H,2-3,6-8,10H2,1H3. The highest BCUT2D eigenvalue weighted by Crippen LogP contribution is 2.26. The van der Waals surface area contributed by atoms with E-state index in [0.29, 0.717) is 6.04 Å². The van der Waals surface area contributed by atoms with Gasteiger partial charge in [-0.1, -0.05) is 0 Å². The highest BCUT2D eigenvalue weighted by atomic mass is 16.5. The number of fused-ring (bicyclic) bond motifs is 1. The van der Waals surface area contributed by atoms with Gasteiger partial charge in [0.05, 0.1) is 6.61 Å². The zero-order valence-electron chi connectivity index (χ0n) is 11.3. The molecule has 0 radical (unpaired) electrons. The number of nitrogens with one attached hydrogen (secondary N) is 1. The molecule has 0 saturated carbocycles. The molecule has 0 spiro atoms. The maximum atomic E-state index is 12.5. The summed E-state index contributed by atoms with van der Waals surface area (Å²) in [4.78, 5) is 14.4. The van der Waals surface area contributed by atoms with Gasteiger partial charge in [0.2, 0.25) is 0 Å². The first kappa shape index (κ1) is 12.5. The third-order valence-electron chi connectivity index (χ3n) is 3.81. The van der Waals surface area contributed by atoms with E-state index in [9.17, 15) is 4.79 Å². The summed E-state index contributed by atoms with van der Waals surface area (Å²) in [6.45, 7) is 5.35. The van der Waals surface area contributed by atoms with E-state index in [-0.39, 0.29) is 5.91 Å². The Morgan fingerprint density at radius 3 is 3.21 bits per heavy atom. The fourth-order valence-corrected chi connectivity index (χ4v) is 2.79. The zero-order chi connectivity index (χ0) is 13.2. The third-order valence-corrected chi connectivity index (χ3v) is 3.81. The van der Waals surface area contributed by atoms with Crippen molar-refractivity contribution >= 4 is 5.91 Å². The molecular weight excluding hydrogens is 240 g/mol. The number of rotatable bonds is 1. The predicted octanol–water partition coefficient (Wildman–Crippen LogP) is 1.45. The number of nitrogens with zero attached hydrogens (tertiary/aromatic N) is 1. The van der Waals surface area contributed by atoms with Crippen LogP contribution in [0.4, 0.5) is 0 Å². The molecule has 3 rings (SSSR count). The molecule has 1 aromatic carbocycles. The van der Waals surface area contributed by atoms with Gasteiger partial charge < -0.3 is 15.0 Å². The lowest BCUT2D eigenvalue weighted by Gasteiger charge is -2.32. The molecule has 4 nitrogen and oxygen atoms in total. The van der Waals surface area contributed by atoms with Gasteiger partial charge in [-0.15, -0.1) is 0 Å². The molecule has 102 valence electrons. The van der Waals surface area contributed by atoms with Crippen molar-refractivity contribution in [2.45, 2.75) is 25.8 Å². The molecule has 0 aliphatic carbocycles. The van der Waals surface area contributed by atoms with Crippen molar-refractivity contribution in [1.82, 2.24) is 10.2 Å². The maximum absolute atomic E-state index is 12.5. The summed E-state index contributed by atoms with van der Waals surface area (Å²) in [7, 11) is 0. The average Bonchev–Trinajstić information content (AvgIpc) is 2.46. The van der Waals surface area contributed by atoms with Gasteiger partial charge in [0.25, 0.3) is 5.91 Å². The molecule has 0 aromatic heterocycles. The Hall–Kier alpha value is -1.55. The predicted molar refractivity (Wildman–Crippen MR) is 73.6 cm³/mol. The van der Waals surface area contributed by atoms with Crippen molar-refractivity contribution in [3.05, 3.63) is 29.3 Å². The molecule has 1 atom stereocenters. The molecule has 1 fully saturated rings. The monoisotopic (exact) mass is 260 g/mol. The molecule has 1 amide bonds. The van der Waals surface area contributed by atoms with Crippen LogP contribution in [0.5, 0.6) is 5.75 Å². The van der Waals surface area contributed by atoms with Crippen LogP contribution in [0.3, 0.4) is 0 Å². The SMILES string of the molecule is CC1CN(C(=O)c2ccc3c(c2)CCCO3)CCN1. The third kappa shape index (κ3) is 2.59. The lowest BCUT2D eigenvalue weighted by Crippen LogP contribution is -2.51. The molecule has 4 heteroatoms. The van der Waals surface area contributed by atoms with E-state index < -0.39 is 0 Å². The van der Waals surface area contributed by atoms with Crippen LogP contribution in [0.25, 0.3) is 0 Å². The molecule has 2 heterocycles. The first-order chi connectivity index (χ1) is 9.24. The Balaban J connectivity index is 1.79. The first-order valence-electron chi connectivity index (χ1n) is 7.02. The van der Waals surface area contributed by atoms with Crippen molar-refractivity contribution in [3.63, 3.8) is 0 Å². The minimum atomic E-state index is 0.140. The summed E-state index contributed by atoms with van der Waals surface area (Å²) in [6, 6.07) is 6.20. The summed E-state index contributed by atoms with van der Waals surface area (Å²) in [5.74, 6) is 1.08. The van der Waals surface area contributed by atoms with Gasteiger partial charge >= 0.3 is 0 Å². The Bertz CT molecular complexity index is 487. The van der Waals surface area contributed by atoms with E-state index >= 15 is 0 Å². The van der Waals surface area contributed by atoms with E-state index in [2.05, 4.69) is 12.2 Å². The number of ether oxygens (including phenoxy) is 1. The maximum Gasteiger partial charge on any atom is 0.253 e. The normalized spacial score (nSPS) is 22.6. The fraction of sp³-hybridized carbons (Fsp3) is 0.533. The van der Waals surface area contributed by atoms with Crippen LogP contribution >= 0.6 is 0 Å². The van der Waals surface area contributed by atoms with Gasteiger partial charge in [-0.05, 0) is 43.5 Å². The van der Waals surface area contributed by atoms with Crippen LogP contribution in [0.15, 0.2) is 18.2 Å². The summed E-state index contributed by atoms with van der Waals surface area (Å²) >= 11 is 0. The molecular formula is C15H20N2O2. The van der Waals surface area contributed by atoms with E-state index in [1.54, 1.807) is 0 Å². The van der Waals surface area contributed by atoms with Crippen molar-refractivity contribution in [2.24, 2.45) is 0 Å². The highest BCUT2D eigenvalue weighted by molar-refractivity contribution is 5.94. The molecule has 2 aliphatic rings. The highest BCUT2D eigenvalue weighted by Gasteiger charge is 2.22. The Kier molecular flexibility index (Phi) is 3.42. The van der Waals surface area contributed by atoms with E-state index in [1.165, 1.54) is 5.56 Å². The molecule has 1 N–H and O–H groups in total. The van der Waals surface area contributed by atoms with Crippen molar-refractivity contribution in [2.75, 3.05) is 26.2 Å². The molecule has 1 saturated heterocycles. The fourth-order valence-electron chi connectivity index (χ4n) is 2.79. The number of amides is 1. The molecule has 19 heavy (non-hydrogen) atoms. The van der Waals surface area contributed by atoms with E-state index in [1.807, 2.05) is 23.1 Å². The van der Waals surface area contributed by atoms with Crippen LogP contribution in [0.2, 0.25) is 0 Å². The number of hydrogen-bond donors (Lipinski definition) is 1. The second kappa shape index (κ2) is 5.21. The van der Waals surface area contributed by atoms with Gasteiger partial charge in [-0.25, -0.2) is 0 Å². The number of piperazine rings is 1. The minimum absolute atomic E-state index is 0.140. The summed E-state index contributed by atoms with van der Waals surface area (Å²) in [6.07, 6.45) is 2.05. The smallest absolute Gasteiger partial charge is 0.253 e. The number of carbonyl (C=O) groups excluding carboxylic acids is 1. The summed E-state index contributed by atoms with van der Waals surface area (Å²) in [5.41, 5.74) is 1.96. The van der Waals surface area contributed by atoms with E-state index in [4.69, 9.17) is 4.74 Å². The number of carbonyl (C=O) groups is 1. The Morgan fingerprint density at radius 1 is 1.47 bits per heavy atom. The second-order valence-corrected chi connectivity index (χ2v) is 5.38. The molecule has 1 unspecified atom stereocenters. The quantitative estimate of drug-likeness (QED) is 0.831. The number of aryl methyl sites for hydroxylation is 1. The Morgan fingerprint density at radius 2 is 2.37 bits per heavy atom. The largest absolute Gasteiger partial charge is 0.493 e. The van der Waals surface area contributed by atoms with Crippen LogP contribution in [0, 0.1) is 0 Å². The lowest BCUT2D eigenvalue weighted by atomic mass is 10.0. The molecule has 2 aliphatic heterocycles. The van der Waals surface area contributed by atoms with Gasteiger partial charge in [0, 0.05) is 31.2 Å². The average molecular weight is 260 g/mol. The van der Waals surface area contributed by atoms with Crippen LogP contribution in [-0.4, -0.2) is 43.1 Å². The second-order valence-electron chi connectivity index (χ2n) is 5.38. The Labute approximate surface area is 113 Å². The van der Waals surface area contributed by atoms with Crippen molar-refractivity contribution in [3.8, 4) is 5.75 Å². The summed E-state index contributed by atoms with van der Waals surface area (Å²) in [5, 5.41) is 3.35. The van der Waals surface area contributed by atoms with Gasteiger partial charge in [0.15, 0.2) is 0 Å². The number of hydrogen-bond acceptors (Lipinski definition) is 3. The van der Waals surface area contributed by atoms with Crippen LogP contribution in [-0.2, 0) is 6.42 Å². The molecule has 0 bridgehead atoms. The lowest BCUT2D eigenvalue weighted by molar-refractivity contribution is 0.0709. The minimum Gasteiger partial charge on any atom is -0.493 e. The topological polar surface area (TPSA) is 41.6 Å².